The summed E-state index contributed by atoms with van der Waals surface area (Å²) < 4.78 is 0. The molecule has 1 atom stereocenters. The molecular weight excluding hydrogens is 130 g/mol. The van der Waals surface area contributed by atoms with Gasteiger partial charge in [-0.3, -0.25) is 4.79 Å². The summed E-state index contributed by atoms with van der Waals surface area (Å²) in [5.74, 6) is -1.09. The average molecular weight is 141 g/mol. The van der Waals surface area contributed by atoms with Crippen molar-refractivity contribution in [2.45, 2.75) is 26.2 Å². The van der Waals surface area contributed by atoms with E-state index in [0.29, 0.717) is 19.3 Å². The Hall–Kier alpha value is -1.04. The van der Waals surface area contributed by atoms with E-state index < -0.39 is 5.97 Å². The average Bonchev–Trinajstić information content (AvgIpc) is 1.88. The second-order valence-electron chi connectivity index (χ2n) is 2.29. The number of unbranched alkanes of at least 4 members (excludes halogenated alkanes) is 1. The lowest BCUT2D eigenvalue weighted by atomic mass is 10.1. The van der Waals surface area contributed by atoms with Crippen LogP contribution < -0.4 is 0 Å². The zero-order chi connectivity index (χ0) is 7.98. The summed E-state index contributed by atoms with van der Waals surface area (Å²) in [6, 6.07) is 1.97. The third-order valence-corrected chi connectivity index (χ3v) is 1.35. The molecule has 0 fully saturated rings. The Morgan fingerprint density at radius 1 is 1.80 bits per heavy atom. The molecule has 1 N–H and O–H groups in total. The molecule has 0 spiro atoms. The van der Waals surface area contributed by atoms with Gasteiger partial charge in [0.2, 0.25) is 0 Å². The lowest BCUT2D eigenvalue weighted by Gasteiger charge is -2.01. The van der Waals surface area contributed by atoms with E-state index >= 15 is 0 Å². The Kier molecular flexibility index (Phi) is 4.30. The van der Waals surface area contributed by atoms with Crippen molar-refractivity contribution in [1.29, 1.82) is 5.26 Å². The molecule has 0 saturated carbocycles. The molecule has 0 aliphatic heterocycles. The van der Waals surface area contributed by atoms with Gasteiger partial charge in [0, 0.05) is 6.42 Å². The minimum Gasteiger partial charge on any atom is -0.481 e. The number of carboxylic acid groups (broad SMARTS) is 1. The van der Waals surface area contributed by atoms with Gasteiger partial charge in [-0.05, 0) is 12.8 Å². The Labute approximate surface area is 60.3 Å². The molecule has 0 aromatic heterocycles. The molecule has 3 nitrogen and oxygen atoms in total. The largest absolute Gasteiger partial charge is 0.481 e. The number of hydrogen-bond acceptors (Lipinski definition) is 2. The number of aliphatic carboxylic acids is 1. The highest BCUT2D eigenvalue weighted by atomic mass is 16.4. The van der Waals surface area contributed by atoms with Gasteiger partial charge < -0.3 is 5.11 Å². The topological polar surface area (TPSA) is 61.1 Å². The summed E-state index contributed by atoms with van der Waals surface area (Å²) >= 11 is 0. The molecule has 0 aromatic rings. The van der Waals surface area contributed by atoms with Gasteiger partial charge in [-0.15, -0.1) is 0 Å². The van der Waals surface area contributed by atoms with Crippen LogP contribution in [0.1, 0.15) is 26.2 Å². The molecule has 0 amide bonds. The predicted octanol–water partition coefficient (Wildman–Crippen LogP) is 1.40. The molecule has 56 valence electrons. The van der Waals surface area contributed by atoms with Crippen LogP contribution in [-0.2, 0) is 4.79 Å². The molecule has 0 aliphatic carbocycles. The zero-order valence-corrected chi connectivity index (χ0v) is 6.00. The van der Waals surface area contributed by atoms with Crippen LogP contribution in [0, 0.1) is 17.2 Å². The number of hydrogen-bond donors (Lipinski definition) is 1. The van der Waals surface area contributed by atoms with Crippen LogP contribution in [-0.4, -0.2) is 11.1 Å². The van der Waals surface area contributed by atoms with E-state index in [9.17, 15) is 4.79 Å². The first-order valence-electron chi connectivity index (χ1n) is 3.28. The first-order chi connectivity index (χ1) is 4.68. The number of nitrogens with zero attached hydrogens (tertiary/aromatic N) is 1. The maximum absolute atomic E-state index is 10.2. The van der Waals surface area contributed by atoms with E-state index in [0.717, 1.165) is 0 Å². The quantitative estimate of drug-likeness (QED) is 0.602. The first-order valence-corrected chi connectivity index (χ1v) is 3.28. The van der Waals surface area contributed by atoms with Gasteiger partial charge in [0.25, 0.3) is 0 Å². The fourth-order valence-electron chi connectivity index (χ4n) is 0.611. The highest BCUT2D eigenvalue weighted by Gasteiger charge is 2.08. The van der Waals surface area contributed by atoms with E-state index in [1.165, 1.54) is 0 Å². The van der Waals surface area contributed by atoms with Crippen LogP contribution in [0.2, 0.25) is 0 Å². The summed E-state index contributed by atoms with van der Waals surface area (Å²) in [6.45, 7) is 1.65. The van der Waals surface area contributed by atoms with Crippen molar-refractivity contribution < 1.29 is 9.90 Å². The van der Waals surface area contributed by atoms with Crippen LogP contribution in [0.15, 0.2) is 0 Å². The van der Waals surface area contributed by atoms with Crippen LogP contribution in [0.4, 0.5) is 0 Å². The van der Waals surface area contributed by atoms with Gasteiger partial charge in [0.15, 0.2) is 0 Å². The summed E-state index contributed by atoms with van der Waals surface area (Å²) in [5.41, 5.74) is 0. The van der Waals surface area contributed by atoms with E-state index in [1.807, 2.05) is 6.07 Å². The molecule has 0 rings (SSSR count). The summed E-state index contributed by atoms with van der Waals surface area (Å²) in [6.07, 6.45) is 1.74. The molecule has 10 heavy (non-hydrogen) atoms. The monoisotopic (exact) mass is 141 g/mol. The van der Waals surface area contributed by atoms with Crippen molar-refractivity contribution in [3.63, 3.8) is 0 Å². The van der Waals surface area contributed by atoms with Crippen molar-refractivity contribution in [2.24, 2.45) is 5.92 Å². The molecule has 0 aromatic carbocycles. The zero-order valence-electron chi connectivity index (χ0n) is 6.00. The fourth-order valence-corrected chi connectivity index (χ4v) is 0.611. The molecule has 0 radical (unpaired) electrons. The lowest BCUT2D eigenvalue weighted by Crippen LogP contribution is -2.08. The minimum absolute atomic E-state index is 0.312. The maximum Gasteiger partial charge on any atom is 0.306 e. The second kappa shape index (κ2) is 4.80. The minimum atomic E-state index is -0.780. The molecule has 0 unspecified atom stereocenters. The third-order valence-electron chi connectivity index (χ3n) is 1.35. The maximum atomic E-state index is 10.2. The van der Waals surface area contributed by atoms with Gasteiger partial charge in [-0.1, -0.05) is 6.92 Å². The number of carbonyl (C=O) groups is 1. The highest BCUT2D eigenvalue weighted by molar-refractivity contribution is 5.69. The molecule has 0 bridgehead atoms. The molecule has 0 saturated heterocycles. The number of nitriles is 1. The summed E-state index contributed by atoms with van der Waals surface area (Å²) in [7, 11) is 0. The third kappa shape index (κ3) is 3.90. The van der Waals surface area contributed by atoms with Gasteiger partial charge >= 0.3 is 5.97 Å². The van der Waals surface area contributed by atoms with E-state index in [-0.39, 0.29) is 5.92 Å². The first kappa shape index (κ1) is 8.96. The molecule has 3 heteroatoms. The SMILES string of the molecule is C[C@H](CCCC#N)C(=O)O. The van der Waals surface area contributed by atoms with Gasteiger partial charge in [-0.2, -0.15) is 5.26 Å². The van der Waals surface area contributed by atoms with Gasteiger partial charge in [0.05, 0.1) is 12.0 Å². The van der Waals surface area contributed by atoms with Crippen molar-refractivity contribution in [1.82, 2.24) is 0 Å². The van der Waals surface area contributed by atoms with E-state index in [2.05, 4.69) is 0 Å². The fraction of sp³-hybridized carbons (Fsp3) is 0.714. The summed E-state index contributed by atoms with van der Waals surface area (Å²) in [5, 5.41) is 16.5. The highest BCUT2D eigenvalue weighted by Crippen LogP contribution is 2.06. The lowest BCUT2D eigenvalue weighted by molar-refractivity contribution is -0.141. The molecule has 0 aliphatic rings. The van der Waals surface area contributed by atoms with E-state index in [1.54, 1.807) is 6.92 Å². The molecule has 0 heterocycles. The standard InChI is InChI=1S/C7H11NO2/c1-6(7(9)10)4-2-3-5-8/h6H,2-4H2,1H3,(H,9,10)/t6-/m1/s1. The van der Waals surface area contributed by atoms with E-state index in [4.69, 9.17) is 10.4 Å². The predicted molar refractivity (Wildman–Crippen MR) is 36.3 cm³/mol. The van der Waals surface area contributed by atoms with Crippen molar-refractivity contribution in [2.75, 3.05) is 0 Å². The normalized spacial score (nSPS) is 12.0. The van der Waals surface area contributed by atoms with Crippen molar-refractivity contribution in [3.05, 3.63) is 0 Å². The Bertz CT molecular complexity index is 148. The van der Waals surface area contributed by atoms with Gasteiger partial charge in [0.1, 0.15) is 0 Å². The number of carboxylic acids is 1. The van der Waals surface area contributed by atoms with Gasteiger partial charge in [-0.25, -0.2) is 0 Å². The van der Waals surface area contributed by atoms with Crippen molar-refractivity contribution in [3.8, 4) is 6.07 Å². The second-order valence-corrected chi connectivity index (χ2v) is 2.29. The Balaban J connectivity index is 3.32. The van der Waals surface area contributed by atoms with Crippen LogP contribution in [0.25, 0.3) is 0 Å². The van der Waals surface area contributed by atoms with Crippen molar-refractivity contribution >= 4 is 5.97 Å². The van der Waals surface area contributed by atoms with Crippen LogP contribution >= 0.6 is 0 Å². The Morgan fingerprint density at radius 3 is 2.80 bits per heavy atom. The molecular formula is C7H11NO2. The van der Waals surface area contributed by atoms with Crippen LogP contribution in [0.5, 0.6) is 0 Å². The smallest absolute Gasteiger partial charge is 0.306 e. The number of rotatable bonds is 4. The Morgan fingerprint density at radius 2 is 2.40 bits per heavy atom. The summed E-state index contributed by atoms with van der Waals surface area (Å²) in [4.78, 5) is 10.2. The van der Waals surface area contributed by atoms with Crippen LogP contribution in [0.3, 0.4) is 0 Å².